The number of carbonyl (C=O) groups excluding carboxylic acids is 2. The van der Waals surface area contributed by atoms with Crippen molar-refractivity contribution in [2.45, 2.75) is 38.6 Å². The van der Waals surface area contributed by atoms with Crippen molar-refractivity contribution in [3.63, 3.8) is 0 Å². The summed E-state index contributed by atoms with van der Waals surface area (Å²) in [5.41, 5.74) is 5.77. The van der Waals surface area contributed by atoms with E-state index in [2.05, 4.69) is 5.32 Å². The summed E-state index contributed by atoms with van der Waals surface area (Å²) < 4.78 is 0. The molecule has 1 aliphatic heterocycles. The smallest absolute Gasteiger partial charge is 0.242 e. The third kappa shape index (κ3) is 2.51. The fraction of sp³-hybridized carbons (Fsp3) is 0.846. The summed E-state index contributed by atoms with van der Waals surface area (Å²) in [5, 5.41) is 2.79. The molecule has 5 nitrogen and oxygen atoms in total. The van der Waals surface area contributed by atoms with Gasteiger partial charge in [-0.25, -0.2) is 0 Å². The summed E-state index contributed by atoms with van der Waals surface area (Å²) in [5.74, 6) is 0.405. The molecule has 2 aliphatic rings. The second-order valence-corrected chi connectivity index (χ2v) is 5.39. The number of hydrogen-bond donors (Lipinski definition) is 2. The number of rotatable bonds is 2. The van der Waals surface area contributed by atoms with Crippen molar-refractivity contribution < 1.29 is 9.59 Å². The lowest BCUT2D eigenvalue weighted by molar-refractivity contribution is -0.147. The van der Waals surface area contributed by atoms with Crippen LogP contribution >= 0.6 is 0 Å². The molecule has 2 fully saturated rings. The van der Waals surface area contributed by atoms with Gasteiger partial charge in [-0.3, -0.25) is 9.59 Å². The lowest BCUT2D eigenvalue weighted by Crippen LogP contribution is -2.58. The zero-order valence-corrected chi connectivity index (χ0v) is 11.0. The van der Waals surface area contributed by atoms with E-state index in [1.165, 1.54) is 6.42 Å². The van der Waals surface area contributed by atoms with Gasteiger partial charge in [0.1, 0.15) is 6.04 Å². The van der Waals surface area contributed by atoms with Gasteiger partial charge in [-0.15, -0.1) is 0 Å². The number of hydrogen-bond acceptors (Lipinski definition) is 3. The maximum Gasteiger partial charge on any atom is 0.242 e. The second-order valence-electron chi connectivity index (χ2n) is 5.39. The molecule has 1 saturated heterocycles. The number of nitrogens with two attached hydrogens (primary N) is 1. The van der Waals surface area contributed by atoms with Gasteiger partial charge >= 0.3 is 0 Å². The highest BCUT2D eigenvalue weighted by atomic mass is 16.2. The van der Waals surface area contributed by atoms with Crippen LogP contribution in [0.3, 0.4) is 0 Å². The van der Waals surface area contributed by atoms with Gasteiger partial charge in [0.25, 0.3) is 0 Å². The van der Waals surface area contributed by atoms with Gasteiger partial charge in [0.05, 0.1) is 0 Å². The van der Waals surface area contributed by atoms with Gasteiger partial charge in [-0.05, 0) is 32.2 Å². The van der Waals surface area contributed by atoms with Crippen LogP contribution in [0.4, 0.5) is 0 Å². The molecule has 2 rings (SSSR count). The molecule has 2 amide bonds. The Labute approximate surface area is 108 Å². The van der Waals surface area contributed by atoms with Crippen molar-refractivity contribution in [3.05, 3.63) is 0 Å². The summed E-state index contributed by atoms with van der Waals surface area (Å²) >= 11 is 0. The largest absolute Gasteiger partial charge is 0.353 e. The zero-order valence-electron chi connectivity index (χ0n) is 11.0. The number of nitrogens with one attached hydrogen (secondary N) is 1. The first-order chi connectivity index (χ1) is 8.65. The molecular weight excluding hydrogens is 230 g/mol. The van der Waals surface area contributed by atoms with Crippen molar-refractivity contribution >= 4 is 11.8 Å². The highest BCUT2D eigenvalue weighted by Gasteiger charge is 2.37. The first-order valence-electron chi connectivity index (χ1n) is 6.93. The van der Waals surface area contributed by atoms with Crippen molar-refractivity contribution in [2.75, 3.05) is 19.6 Å². The molecule has 3 N–H and O–H groups in total. The maximum absolute atomic E-state index is 12.6. The lowest BCUT2D eigenvalue weighted by atomic mass is 9.78. The maximum atomic E-state index is 12.6. The molecule has 3 atom stereocenters. The quantitative estimate of drug-likeness (QED) is 0.733. The van der Waals surface area contributed by atoms with E-state index in [1.807, 2.05) is 0 Å². The lowest BCUT2D eigenvalue weighted by Gasteiger charge is -2.38. The Bertz CT molecular complexity index is 332. The van der Waals surface area contributed by atoms with Crippen LogP contribution < -0.4 is 11.1 Å². The van der Waals surface area contributed by atoms with Gasteiger partial charge < -0.3 is 16.0 Å². The van der Waals surface area contributed by atoms with Crippen molar-refractivity contribution in [1.29, 1.82) is 0 Å². The first-order valence-corrected chi connectivity index (χ1v) is 6.93. The fourth-order valence-corrected chi connectivity index (χ4v) is 3.11. The van der Waals surface area contributed by atoms with Gasteiger partial charge in [0.2, 0.25) is 11.8 Å². The molecule has 0 bridgehead atoms. The van der Waals surface area contributed by atoms with Crippen LogP contribution in [0.25, 0.3) is 0 Å². The van der Waals surface area contributed by atoms with Crippen molar-refractivity contribution in [3.8, 4) is 0 Å². The van der Waals surface area contributed by atoms with Gasteiger partial charge in [0, 0.05) is 19.0 Å². The minimum absolute atomic E-state index is 0.0251. The molecule has 1 heterocycles. The highest BCUT2D eigenvalue weighted by molar-refractivity contribution is 5.89. The predicted molar refractivity (Wildman–Crippen MR) is 68.7 cm³/mol. The third-order valence-electron chi connectivity index (χ3n) is 4.31. The molecule has 1 saturated carbocycles. The minimum Gasteiger partial charge on any atom is -0.353 e. The third-order valence-corrected chi connectivity index (χ3v) is 4.31. The van der Waals surface area contributed by atoms with E-state index in [0.29, 0.717) is 25.6 Å². The van der Waals surface area contributed by atoms with Crippen LogP contribution in [-0.4, -0.2) is 42.4 Å². The Morgan fingerprint density at radius 3 is 2.89 bits per heavy atom. The van der Waals surface area contributed by atoms with Crippen LogP contribution in [0.1, 0.15) is 32.6 Å². The molecule has 102 valence electrons. The molecule has 3 unspecified atom stereocenters. The monoisotopic (exact) mass is 253 g/mol. The first kappa shape index (κ1) is 13.3. The van der Waals surface area contributed by atoms with Gasteiger partial charge in [-0.2, -0.15) is 0 Å². The van der Waals surface area contributed by atoms with E-state index in [1.54, 1.807) is 11.8 Å². The molecule has 0 radical (unpaired) electrons. The van der Waals surface area contributed by atoms with Crippen LogP contribution in [0.2, 0.25) is 0 Å². The van der Waals surface area contributed by atoms with E-state index in [-0.39, 0.29) is 23.8 Å². The SMILES string of the molecule is CC1C(=O)NCCN1C(=O)C1CCCCC1CN. The normalized spacial score (nSPS) is 33.1. The molecule has 5 heteroatoms. The highest BCUT2D eigenvalue weighted by Crippen LogP contribution is 2.31. The van der Waals surface area contributed by atoms with E-state index in [4.69, 9.17) is 5.73 Å². The van der Waals surface area contributed by atoms with Crippen LogP contribution in [0, 0.1) is 11.8 Å². The summed E-state index contributed by atoms with van der Waals surface area (Å²) in [4.78, 5) is 25.9. The summed E-state index contributed by atoms with van der Waals surface area (Å²) in [6.45, 7) is 3.56. The van der Waals surface area contributed by atoms with Crippen molar-refractivity contribution in [1.82, 2.24) is 10.2 Å². The predicted octanol–water partition coefficient (Wildman–Crippen LogP) is 0.0984. The Morgan fingerprint density at radius 2 is 2.17 bits per heavy atom. The van der Waals surface area contributed by atoms with E-state index >= 15 is 0 Å². The number of piperazine rings is 1. The summed E-state index contributed by atoms with van der Waals surface area (Å²) in [6.07, 6.45) is 4.23. The van der Waals surface area contributed by atoms with Gasteiger partial charge in [0.15, 0.2) is 0 Å². The second kappa shape index (κ2) is 5.69. The fourth-order valence-electron chi connectivity index (χ4n) is 3.11. The summed E-state index contributed by atoms with van der Waals surface area (Å²) in [7, 11) is 0. The number of amides is 2. The molecule has 18 heavy (non-hydrogen) atoms. The van der Waals surface area contributed by atoms with Crippen LogP contribution in [0.15, 0.2) is 0 Å². The molecule has 0 aromatic rings. The standard InChI is InChI=1S/C13H23N3O2/c1-9-12(17)15-6-7-16(9)13(18)11-5-3-2-4-10(11)8-14/h9-11H,2-8,14H2,1H3,(H,15,17). The van der Waals surface area contributed by atoms with E-state index < -0.39 is 0 Å². The molecule has 0 aromatic carbocycles. The Morgan fingerprint density at radius 1 is 1.44 bits per heavy atom. The molecule has 0 aromatic heterocycles. The van der Waals surface area contributed by atoms with Crippen molar-refractivity contribution in [2.24, 2.45) is 17.6 Å². The topological polar surface area (TPSA) is 75.4 Å². The molecule has 1 aliphatic carbocycles. The Hall–Kier alpha value is -1.10. The van der Waals surface area contributed by atoms with Crippen LogP contribution in [0.5, 0.6) is 0 Å². The average Bonchev–Trinajstić information content (AvgIpc) is 2.41. The molecule has 0 spiro atoms. The number of carbonyl (C=O) groups is 2. The number of nitrogens with zero attached hydrogens (tertiary/aromatic N) is 1. The minimum atomic E-state index is -0.341. The average molecular weight is 253 g/mol. The zero-order chi connectivity index (χ0) is 13.1. The van der Waals surface area contributed by atoms with E-state index in [9.17, 15) is 9.59 Å². The Balaban J connectivity index is 2.06. The van der Waals surface area contributed by atoms with E-state index in [0.717, 1.165) is 19.3 Å². The Kier molecular flexibility index (Phi) is 4.22. The molecular formula is C13H23N3O2. The van der Waals surface area contributed by atoms with Crippen LogP contribution in [-0.2, 0) is 9.59 Å². The van der Waals surface area contributed by atoms with Gasteiger partial charge in [-0.1, -0.05) is 12.8 Å². The summed E-state index contributed by atoms with van der Waals surface area (Å²) in [6, 6.07) is -0.341.